The summed E-state index contributed by atoms with van der Waals surface area (Å²) in [6.07, 6.45) is 0. The Hall–Kier alpha value is -2.34. The average molecular weight is 286 g/mol. The number of hydrogen-bond acceptors (Lipinski definition) is 0. The van der Waals surface area contributed by atoms with E-state index in [-0.39, 0.29) is 0 Å². The fourth-order valence-corrected chi connectivity index (χ4v) is 3.02. The molecular weight excluding hydrogens is 264 g/mol. The summed E-state index contributed by atoms with van der Waals surface area (Å²) in [4.78, 5) is 0. The first-order valence-corrected chi connectivity index (χ1v) is 7.81. The minimum absolute atomic E-state index is 1.29. The molecule has 0 N–H and O–H groups in total. The molecule has 0 atom stereocenters. The van der Waals surface area contributed by atoms with Gasteiger partial charge < -0.3 is 0 Å². The molecule has 0 saturated heterocycles. The van der Waals surface area contributed by atoms with Crippen LogP contribution in [0.15, 0.2) is 60.7 Å². The summed E-state index contributed by atoms with van der Waals surface area (Å²) in [5.74, 6) is 0. The summed E-state index contributed by atoms with van der Waals surface area (Å²) in [5.41, 5.74) is 10.6. The summed E-state index contributed by atoms with van der Waals surface area (Å²) >= 11 is 0. The van der Waals surface area contributed by atoms with Crippen molar-refractivity contribution >= 4 is 0 Å². The van der Waals surface area contributed by atoms with Gasteiger partial charge in [-0.3, -0.25) is 0 Å². The van der Waals surface area contributed by atoms with Crippen LogP contribution in [-0.4, -0.2) is 0 Å². The summed E-state index contributed by atoms with van der Waals surface area (Å²) in [6, 6.07) is 21.9. The van der Waals surface area contributed by atoms with Crippen LogP contribution in [0.5, 0.6) is 0 Å². The van der Waals surface area contributed by atoms with Crippen molar-refractivity contribution in [2.75, 3.05) is 0 Å². The first-order chi connectivity index (χ1) is 10.6. The molecule has 0 unspecified atom stereocenters. The first kappa shape index (κ1) is 14.6. The lowest BCUT2D eigenvalue weighted by molar-refractivity contribution is 1.33. The van der Waals surface area contributed by atoms with Crippen molar-refractivity contribution in [3.8, 4) is 22.3 Å². The maximum Gasteiger partial charge on any atom is -0.0146 e. The van der Waals surface area contributed by atoms with Crippen LogP contribution in [0.2, 0.25) is 0 Å². The molecule has 110 valence electrons. The maximum atomic E-state index is 2.33. The van der Waals surface area contributed by atoms with Crippen LogP contribution in [0.3, 0.4) is 0 Å². The standard InChI is InChI=1S/C22H22/c1-15-9-7-11-21(18(15)4)22-14-19(13-12-17(22)3)20-10-6-5-8-16(20)2/h5-14H,1-4H3. The van der Waals surface area contributed by atoms with Gasteiger partial charge in [-0.2, -0.15) is 0 Å². The van der Waals surface area contributed by atoms with E-state index in [4.69, 9.17) is 0 Å². The Labute approximate surface area is 133 Å². The van der Waals surface area contributed by atoms with Crippen LogP contribution in [0.4, 0.5) is 0 Å². The van der Waals surface area contributed by atoms with E-state index in [1.54, 1.807) is 0 Å². The van der Waals surface area contributed by atoms with Crippen molar-refractivity contribution in [1.29, 1.82) is 0 Å². The van der Waals surface area contributed by atoms with Gasteiger partial charge in [-0.05, 0) is 78.3 Å². The second kappa shape index (κ2) is 5.81. The molecule has 0 aliphatic rings. The van der Waals surface area contributed by atoms with Gasteiger partial charge in [0.1, 0.15) is 0 Å². The summed E-state index contributed by atoms with van der Waals surface area (Å²) in [5, 5.41) is 0. The molecule has 22 heavy (non-hydrogen) atoms. The highest BCUT2D eigenvalue weighted by molar-refractivity contribution is 5.78. The van der Waals surface area contributed by atoms with Crippen molar-refractivity contribution in [3.63, 3.8) is 0 Å². The molecule has 0 fully saturated rings. The van der Waals surface area contributed by atoms with E-state index in [2.05, 4.69) is 88.4 Å². The molecule has 0 bridgehead atoms. The number of benzene rings is 3. The molecule has 0 aliphatic heterocycles. The Morgan fingerprint density at radius 1 is 0.500 bits per heavy atom. The fourth-order valence-electron chi connectivity index (χ4n) is 3.02. The van der Waals surface area contributed by atoms with Gasteiger partial charge >= 0.3 is 0 Å². The lowest BCUT2D eigenvalue weighted by Crippen LogP contribution is -1.91. The second-order valence-electron chi connectivity index (χ2n) is 6.09. The highest BCUT2D eigenvalue weighted by atomic mass is 14.1. The molecule has 0 aromatic heterocycles. The minimum atomic E-state index is 1.29. The van der Waals surface area contributed by atoms with Crippen molar-refractivity contribution in [1.82, 2.24) is 0 Å². The van der Waals surface area contributed by atoms with E-state index >= 15 is 0 Å². The number of aryl methyl sites for hydroxylation is 3. The zero-order chi connectivity index (χ0) is 15.7. The van der Waals surface area contributed by atoms with E-state index in [0.717, 1.165) is 0 Å². The van der Waals surface area contributed by atoms with Crippen LogP contribution >= 0.6 is 0 Å². The van der Waals surface area contributed by atoms with Gasteiger partial charge in [0.25, 0.3) is 0 Å². The van der Waals surface area contributed by atoms with Gasteiger partial charge in [0.15, 0.2) is 0 Å². The van der Waals surface area contributed by atoms with E-state index in [1.807, 2.05) is 0 Å². The molecule has 3 aromatic rings. The molecule has 0 radical (unpaired) electrons. The van der Waals surface area contributed by atoms with Gasteiger partial charge in [-0.15, -0.1) is 0 Å². The summed E-state index contributed by atoms with van der Waals surface area (Å²) in [6.45, 7) is 8.76. The fraction of sp³-hybridized carbons (Fsp3) is 0.182. The topological polar surface area (TPSA) is 0 Å². The highest BCUT2D eigenvalue weighted by Gasteiger charge is 2.09. The van der Waals surface area contributed by atoms with Crippen molar-refractivity contribution in [2.45, 2.75) is 27.7 Å². The summed E-state index contributed by atoms with van der Waals surface area (Å²) < 4.78 is 0. The molecule has 0 amide bonds. The first-order valence-electron chi connectivity index (χ1n) is 7.81. The molecule has 3 rings (SSSR count). The Morgan fingerprint density at radius 2 is 1.14 bits per heavy atom. The molecule has 0 saturated carbocycles. The molecule has 0 nitrogen and oxygen atoms in total. The Bertz CT molecular complexity index is 825. The Morgan fingerprint density at radius 3 is 1.91 bits per heavy atom. The monoisotopic (exact) mass is 286 g/mol. The van der Waals surface area contributed by atoms with Crippen molar-refractivity contribution < 1.29 is 0 Å². The van der Waals surface area contributed by atoms with Crippen molar-refractivity contribution in [2.24, 2.45) is 0 Å². The van der Waals surface area contributed by atoms with Gasteiger partial charge in [0, 0.05) is 0 Å². The highest BCUT2D eigenvalue weighted by Crippen LogP contribution is 2.33. The van der Waals surface area contributed by atoms with Crippen LogP contribution in [0.25, 0.3) is 22.3 Å². The van der Waals surface area contributed by atoms with E-state index in [0.29, 0.717) is 0 Å². The lowest BCUT2D eigenvalue weighted by atomic mass is 9.90. The molecule has 0 spiro atoms. The van der Waals surface area contributed by atoms with Gasteiger partial charge in [-0.25, -0.2) is 0 Å². The lowest BCUT2D eigenvalue weighted by Gasteiger charge is -2.14. The largest absolute Gasteiger partial charge is 0.0620 e. The van der Waals surface area contributed by atoms with Crippen LogP contribution in [0.1, 0.15) is 22.3 Å². The normalized spacial score (nSPS) is 10.7. The summed E-state index contributed by atoms with van der Waals surface area (Å²) in [7, 11) is 0. The van der Waals surface area contributed by atoms with Crippen LogP contribution in [0, 0.1) is 27.7 Å². The Kier molecular flexibility index (Phi) is 3.85. The predicted molar refractivity (Wildman–Crippen MR) is 96.3 cm³/mol. The number of rotatable bonds is 2. The predicted octanol–water partition coefficient (Wildman–Crippen LogP) is 6.25. The zero-order valence-corrected chi connectivity index (χ0v) is 13.8. The smallest absolute Gasteiger partial charge is 0.0146 e. The maximum absolute atomic E-state index is 2.33. The van der Waals surface area contributed by atoms with E-state index in [9.17, 15) is 0 Å². The third-order valence-corrected chi connectivity index (χ3v) is 4.59. The van der Waals surface area contributed by atoms with Gasteiger partial charge in [0.05, 0.1) is 0 Å². The van der Waals surface area contributed by atoms with Crippen LogP contribution in [-0.2, 0) is 0 Å². The SMILES string of the molecule is Cc1ccccc1-c1ccc(C)c(-c2cccc(C)c2C)c1. The van der Waals surface area contributed by atoms with E-state index in [1.165, 1.54) is 44.5 Å². The third kappa shape index (κ3) is 2.57. The average Bonchev–Trinajstić information content (AvgIpc) is 2.52. The van der Waals surface area contributed by atoms with E-state index < -0.39 is 0 Å². The minimum Gasteiger partial charge on any atom is -0.0620 e. The van der Waals surface area contributed by atoms with Gasteiger partial charge in [0.2, 0.25) is 0 Å². The quantitative estimate of drug-likeness (QED) is 0.522. The van der Waals surface area contributed by atoms with Gasteiger partial charge in [-0.1, -0.05) is 54.6 Å². The molecule has 0 heterocycles. The Balaban J connectivity index is 2.20. The second-order valence-corrected chi connectivity index (χ2v) is 6.09. The molecular formula is C22H22. The molecule has 3 aromatic carbocycles. The van der Waals surface area contributed by atoms with Crippen molar-refractivity contribution in [3.05, 3.63) is 82.9 Å². The van der Waals surface area contributed by atoms with Crippen LogP contribution < -0.4 is 0 Å². The molecule has 0 aliphatic carbocycles. The zero-order valence-electron chi connectivity index (χ0n) is 13.8. The molecule has 0 heteroatoms. The number of hydrogen-bond donors (Lipinski definition) is 0. The third-order valence-electron chi connectivity index (χ3n) is 4.59.